The van der Waals surface area contributed by atoms with E-state index in [1.807, 2.05) is 36.4 Å². The van der Waals surface area contributed by atoms with Gasteiger partial charge in [-0.05, 0) is 53.8 Å². The number of nitrogens with zero attached hydrogens (tertiary/aromatic N) is 1. The van der Waals surface area contributed by atoms with Gasteiger partial charge in [0.05, 0.1) is 28.8 Å². The van der Waals surface area contributed by atoms with Gasteiger partial charge < -0.3 is 20.5 Å². The van der Waals surface area contributed by atoms with Crippen molar-refractivity contribution in [3.05, 3.63) is 100 Å². The lowest BCUT2D eigenvalue weighted by atomic mass is 10.00. The van der Waals surface area contributed by atoms with Crippen molar-refractivity contribution in [3.8, 4) is 0 Å². The first-order valence-corrected chi connectivity index (χ1v) is 13.8. The lowest BCUT2D eigenvalue weighted by Gasteiger charge is -2.26. The van der Waals surface area contributed by atoms with E-state index in [-0.39, 0.29) is 25.3 Å². The molecule has 4 aromatic rings. The normalized spacial score (nSPS) is 13.8. The molecule has 1 heterocycles. The highest BCUT2D eigenvalue weighted by molar-refractivity contribution is 7.18. The molecule has 1 amide bonds. The summed E-state index contributed by atoms with van der Waals surface area (Å²) in [6.45, 7) is 2.79. The molecule has 3 N–H and O–H groups in total. The van der Waals surface area contributed by atoms with Gasteiger partial charge in [0.2, 0.25) is 5.91 Å². The number of aliphatic hydroxyl groups is 1. The Morgan fingerprint density at radius 3 is 2.49 bits per heavy atom. The van der Waals surface area contributed by atoms with Crippen LogP contribution in [0.2, 0.25) is 0 Å². The maximum atomic E-state index is 13.9. The van der Waals surface area contributed by atoms with Crippen LogP contribution in [0.25, 0.3) is 10.2 Å². The minimum absolute atomic E-state index is 0.0196. The van der Waals surface area contributed by atoms with E-state index in [0.29, 0.717) is 17.1 Å². The molecule has 3 atom stereocenters. The minimum atomic E-state index is -1.02. The molecule has 0 bridgehead atoms. The Labute approximate surface area is 231 Å². The number of aliphatic hydroxyl groups excluding tert-OH is 1. The zero-order valence-corrected chi connectivity index (χ0v) is 22.8. The number of rotatable bonds is 13. The van der Waals surface area contributed by atoms with Gasteiger partial charge in [0.25, 0.3) is 0 Å². The molecule has 0 aliphatic carbocycles. The molecule has 0 aliphatic heterocycles. The van der Waals surface area contributed by atoms with Crippen molar-refractivity contribution in [2.24, 2.45) is 0 Å². The highest BCUT2D eigenvalue weighted by atomic mass is 32.1. The molecule has 206 valence electrons. The van der Waals surface area contributed by atoms with E-state index in [1.165, 1.54) is 36.1 Å². The summed E-state index contributed by atoms with van der Waals surface area (Å²) in [6.07, 6.45) is -0.635. The fourth-order valence-electron chi connectivity index (χ4n) is 4.47. The number of fused-ring (bicyclic) bond motifs is 1. The van der Waals surface area contributed by atoms with E-state index in [0.717, 1.165) is 28.3 Å². The van der Waals surface area contributed by atoms with Gasteiger partial charge in [0.15, 0.2) is 0 Å². The summed E-state index contributed by atoms with van der Waals surface area (Å²) in [6, 6.07) is 18.2. The van der Waals surface area contributed by atoms with Crippen molar-refractivity contribution in [1.29, 1.82) is 0 Å². The quantitative estimate of drug-likeness (QED) is 0.215. The molecule has 0 saturated carbocycles. The van der Waals surface area contributed by atoms with Crippen LogP contribution in [0.4, 0.5) is 8.78 Å². The number of ether oxygens (including phenoxy) is 1. The van der Waals surface area contributed by atoms with Gasteiger partial charge in [-0.3, -0.25) is 4.79 Å². The number of aromatic nitrogens is 1. The standard InChI is InChI=1S/C30H33F2N3O3S/c1-3-19-7-6-8-20(11-19)17-33-18-26(36)25(14-21-12-22(31)15-23(32)13-21)34-29(37)16-27(38-2)30-35-24-9-4-5-10-28(24)39-30/h4-13,15,25-27,33,36H,3,14,16-18H2,1-2H3,(H,34,37)/t25-,26+,27?/m0/s1. The number of carbonyl (C=O) groups is 1. The van der Waals surface area contributed by atoms with Crippen molar-refractivity contribution < 1.29 is 23.4 Å². The number of nitrogens with one attached hydrogen (secondary N) is 2. The van der Waals surface area contributed by atoms with Gasteiger partial charge in [-0.15, -0.1) is 11.3 Å². The average molecular weight is 554 g/mol. The zero-order chi connectivity index (χ0) is 27.8. The molecule has 39 heavy (non-hydrogen) atoms. The number of aryl methyl sites for hydroxylation is 1. The largest absolute Gasteiger partial charge is 0.390 e. The SMILES string of the molecule is CCc1cccc(CNC[C@@H](O)[C@H](Cc2cc(F)cc(F)c2)NC(=O)CC(OC)c2nc3ccccc3s2)c1. The third-order valence-corrected chi connectivity index (χ3v) is 7.64. The van der Waals surface area contributed by atoms with Crippen LogP contribution < -0.4 is 10.6 Å². The number of para-hydroxylation sites is 1. The van der Waals surface area contributed by atoms with Crippen LogP contribution in [0.1, 0.15) is 41.1 Å². The van der Waals surface area contributed by atoms with Crippen LogP contribution in [0.3, 0.4) is 0 Å². The van der Waals surface area contributed by atoms with E-state index in [2.05, 4.69) is 34.7 Å². The summed E-state index contributed by atoms with van der Waals surface area (Å²) in [7, 11) is 1.52. The molecule has 0 spiro atoms. The van der Waals surface area contributed by atoms with Gasteiger partial charge in [-0.1, -0.05) is 43.3 Å². The van der Waals surface area contributed by atoms with E-state index >= 15 is 0 Å². The van der Waals surface area contributed by atoms with Gasteiger partial charge in [-0.2, -0.15) is 0 Å². The van der Waals surface area contributed by atoms with Crippen LogP contribution >= 0.6 is 11.3 Å². The molecule has 0 saturated heterocycles. The molecule has 9 heteroatoms. The van der Waals surface area contributed by atoms with Crippen molar-refractivity contribution in [1.82, 2.24) is 15.6 Å². The fraction of sp³-hybridized carbons (Fsp3) is 0.333. The Morgan fingerprint density at radius 2 is 1.77 bits per heavy atom. The molecule has 0 radical (unpaired) electrons. The highest BCUT2D eigenvalue weighted by Gasteiger charge is 2.25. The number of hydrogen-bond donors (Lipinski definition) is 3. The van der Waals surface area contributed by atoms with Crippen LogP contribution in [-0.2, 0) is 28.9 Å². The first-order valence-electron chi connectivity index (χ1n) is 12.9. The van der Waals surface area contributed by atoms with Crippen LogP contribution in [0.5, 0.6) is 0 Å². The Hall–Kier alpha value is -3.24. The Bertz CT molecular complexity index is 1340. The molecular weight excluding hydrogens is 520 g/mol. The first kappa shape index (κ1) is 28.8. The molecule has 0 fully saturated rings. The number of amides is 1. The van der Waals surface area contributed by atoms with Gasteiger partial charge in [0.1, 0.15) is 22.7 Å². The molecule has 1 unspecified atom stereocenters. The smallest absolute Gasteiger partial charge is 0.223 e. The summed E-state index contributed by atoms with van der Waals surface area (Å²) in [4.78, 5) is 17.7. The molecule has 6 nitrogen and oxygen atoms in total. The maximum absolute atomic E-state index is 13.9. The Kier molecular flexibility index (Phi) is 10.1. The predicted molar refractivity (Wildman–Crippen MR) is 150 cm³/mol. The molecule has 4 rings (SSSR count). The maximum Gasteiger partial charge on any atom is 0.223 e. The van der Waals surface area contributed by atoms with E-state index in [1.54, 1.807) is 0 Å². The summed E-state index contributed by atoms with van der Waals surface area (Å²) in [5, 5.41) is 17.8. The first-order chi connectivity index (χ1) is 18.8. The second-order valence-electron chi connectivity index (χ2n) is 9.48. The van der Waals surface area contributed by atoms with Crippen molar-refractivity contribution in [2.45, 2.75) is 51.0 Å². The number of benzene rings is 3. The predicted octanol–water partition coefficient (Wildman–Crippen LogP) is 5.09. The minimum Gasteiger partial charge on any atom is -0.390 e. The van der Waals surface area contributed by atoms with Crippen LogP contribution in [0, 0.1) is 11.6 Å². The zero-order valence-electron chi connectivity index (χ0n) is 22.0. The third kappa shape index (κ3) is 8.12. The average Bonchev–Trinajstić information content (AvgIpc) is 3.35. The monoisotopic (exact) mass is 553 g/mol. The molecule has 0 aliphatic rings. The van der Waals surface area contributed by atoms with Gasteiger partial charge in [0, 0.05) is 26.3 Å². The topological polar surface area (TPSA) is 83.5 Å². The number of methoxy groups -OCH3 is 1. The highest BCUT2D eigenvalue weighted by Crippen LogP contribution is 2.29. The molecular formula is C30H33F2N3O3S. The lowest BCUT2D eigenvalue weighted by molar-refractivity contribution is -0.125. The lowest BCUT2D eigenvalue weighted by Crippen LogP contribution is -2.49. The summed E-state index contributed by atoms with van der Waals surface area (Å²) in [5.74, 6) is -1.79. The van der Waals surface area contributed by atoms with Crippen LogP contribution in [-0.4, -0.2) is 41.8 Å². The number of thiazole rings is 1. The van der Waals surface area contributed by atoms with Crippen molar-refractivity contribution >= 4 is 27.5 Å². The second kappa shape index (κ2) is 13.7. The summed E-state index contributed by atoms with van der Waals surface area (Å²) in [5.41, 5.74) is 3.46. The second-order valence-corrected chi connectivity index (χ2v) is 10.5. The molecule has 1 aromatic heterocycles. The van der Waals surface area contributed by atoms with Crippen molar-refractivity contribution in [2.75, 3.05) is 13.7 Å². The van der Waals surface area contributed by atoms with Gasteiger partial charge >= 0.3 is 0 Å². The Balaban J connectivity index is 1.44. The van der Waals surface area contributed by atoms with Gasteiger partial charge in [-0.25, -0.2) is 13.8 Å². The number of halogens is 2. The number of carbonyl (C=O) groups excluding carboxylic acids is 1. The van der Waals surface area contributed by atoms with E-state index in [9.17, 15) is 18.7 Å². The molecule has 3 aromatic carbocycles. The Morgan fingerprint density at radius 1 is 1.03 bits per heavy atom. The summed E-state index contributed by atoms with van der Waals surface area (Å²) >= 11 is 1.46. The summed E-state index contributed by atoms with van der Waals surface area (Å²) < 4.78 is 34.3. The number of hydrogen-bond acceptors (Lipinski definition) is 6. The third-order valence-electron chi connectivity index (χ3n) is 6.51. The fourth-order valence-corrected chi connectivity index (χ4v) is 5.51. The van der Waals surface area contributed by atoms with Crippen molar-refractivity contribution in [3.63, 3.8) is 0 Å². The van der Waals surface area contributed by atoms with Crippen LogP contribution in [0.15, 0.2) is 66.7 Å². The van der Waals surface area contributed by atoms with E-state index in [4.69, 9.17) is 4.74 Å². The van der Waals surface area contributed by atoms with E-state index < -0.39 is 29.9 Å².